The van der Waals surface area contributed by atoms with E-state index in [0.29, 0.717) is 13.0 Å². The van der Waals surface area contributed by atoms with Crippen LogP contribution in [0, 0.1) is 0 Å². The Labute approximate surface area is 133 Å². The van der Waals surface area contributed by atoms with E-state index in [2.05, 4.69) is 11.4 Å². The molecule has 1 atom stereocenters. The van der Waals surface area contributed by atoms with E-state index in [9.17, 15) is 13.2 Å². The van der Waals surface area contributed by atoms with Crippen LogP contribution in [0.2, 0.25) is 0 Å². The number of nitrogens with one attached hydrogen (secondary N) is 1. The maximum Gasteiger partial charge on any atom is 0.317 e. The van der Waals surface area contributed by atoms with E-state index < -0.39 is 9.84 Å². The Hall–Kier alpha value is -1.60. The summed E-state index contributed by atoms with van der Waals surface area (Å²) in [6, 6.07) is 7.63. The van der Waals surface area contributed by atoms with Crippen LogP contribution in [0.5, 0.6) is 0 Å². The molecule has 0 saturated carbocycles. The SMILES string of the molecule is CN(C(=O)NCc1csc2ccccc12)C1CCS(=O)(=O)C1. The largest absolute Gasteiger partial charge is 0.334 e. The number of hydrogen-bond donors (Lipinski definition) is 1. The molecule has 118 valence electrons. The third-order valence-electron chi connectivity index (χ3n) is 4.07. The summed E-state index contributed by atoms with van der Waals surface area (Å²) in [6.45, 7) is 0.451. The number of fused-ring (bicyclic) bond motifs is 1. The molecule has 1 aromatic carbocycles. The van der Waals surface area contributed by atoms with Crippen molar-refractivity contribution < 1.29 is 13.2 Å². The average molecular weight is 338 g/mol. The first kappa shape index (κ1) is 15.3. The normalized spacial score (nSPS) is 20.1. The van der Waals surface area contributed by atoms with E-state index in [0.717, 1.165) is 10.9 Å². The van der Waals surface area contributed by atoms with Gasteiger partial charge in [-0.3, -0.25) is 0 Å². The van der Waals surface area contributed by atoms with Crippen LogP contribution in [0.1, 0.15) is 12.0 Å². The van der Waals surface area contributed by atoms with Gasteiger partial charge in [0, 0.05) is 24.3 Å². The quantitative estimate of drug-likeness (QED) is 0.933. The number of carbonyl (C=O) groups is 1. The van der Waals surface area contributed by atoms with Gasteiger partial charge in [-0.25, -0.2) is 13.2 Å². The summed E-state index contributed by atoms with van der Waals surface area (Å²) in [5.41, 5.74) is 1.08. The molecule has 1 saturated heterocycles. The number of benzene rings is 1. The fourth-order valence-corrected chi connectivity index (χ4v) is 5.45. The summed E-state index contributed by atoms with van der Waals surface area (Å²) in [4.78, 5) is 13.7. The Balaban J connectivity index is 1.63. The number of thiophene rings is 1. The second kappa shape index (κ2) is 5.89. The van der Waals surface area contributed by atoms with Crippen molar-refractivity contribution >= 4 is 37.3 Å². The molecule has 3 rings (SSSR count). The lowest BCUT2D eigenvalue weighted by molar-refractivity contribution is 0.194. The minimum absolute atomic E-state index is 0.0678. The van der Waals surface area contributed by atoms with Crippen LogP contribution < -0.4 is 5.32 Å². The predicted molar refractivity (Wildman–Crippen MR) is 88.9 cm³/mol. The summed E-state index contributed by atoms with van der Waals surface area (Å²) < 4.78 is 24.2. The van der Waals surface area contributed by atoms with Crippen LogP contribution in [0.3, 0.4) is 0 Å². The van der Waals surface area contributed by atoms with Crippen LogP contribution in [0.4, 0.5) is 4.79 Å². The lowest BCUT2D eigenvalue weighted by atomic mass is 10.2. The zero-order valence-corrected chi connectivity index (χ0v) is 13.9. The molecule has 0 bridgehead atoms. The van der Waals surface area contributed by atoms with Crippen molar-refractivity contribution in [1.29, 1.82) is 0 Å². The monoisotopic (exact) mass is 338 g/mol. The predicted octanol–water partition coefficient (Wildman–Crippen LogP) is 2.23. The standard InChI is InChI=1S/C15H18N2O3S2/c1-17(12-6-7-22(19,20)10-12)15(18)16-8-11-9-21-14-5-3-2-4-13(11)14/h2-5,9,12H,6-8,10H2,1H3,(H,16,18). The zero-order chi connectivity index (χ0) is 15.7. The van der Waals surface area contributed by atoms with Crippen LogP contribution >= 0.6 is 11.3 Å². The molecule has 0 radical (unpaired) electrons. The number of amides is 2. The Morgan fingerprint density at radius 3 is 2.91 bits per heavy atom. The smallest absolute Gasteiger partial charge is 0.317 e. The van der Waals surface area contributed by atoms with Crippen molar-refractivity contribution in [3.05, 3.63) is 35.2 Å². The first-order valence-electron chi connectivity index (χ1n) is 7.12. The fraction of sp³-hybridized carbons (Fsp3) is 0.400. The molecule has 22 heavy (non-hydrogen) atoms. The molecule has 1 N–H and O–H groups in total. The van der Waals surface area contributed by atoms with Crippen molar-refractivity contribution in [2.24, 2.45) is 0 Å². The van der Waals surface area contributed by atoms with E-state index in [1.807, 2.05) is 23.6 Å². The Bertz CT molecular complexity index is 798. The molecule has 5 nitrogen and oxygen atoms in total. The number of carbonyl (C=O) groups excluding carboxylic acids is 1. The average Bonchev–Trinajstić information content (AvgIpc) is 3.07. The summed E-state index contributed by atoms with van der Waals surface area (Å²) in [5, 5.41) is 6.08. The molecular formula is C15H18N2O3S2. The molecule has 0 aliphatic carbocycles. The third-order valence-corrected chi connectivity index (χ3v) is 6.83. The van der Waals surface area contributed by atoms with Crippen LogP contribution in [-0.2, 0) is 16.4 Å². The van der Waals surface area contributed by atoms with Gasteiger partial charge >= 0.3 is 6.03 Å². The number of nitrogens with zero attached hydrogens (tertiary/aromatic N) is 1. The first-order chi connectivity index (χ1) is 10.5. The Morgan fingerprint density at radius 1 is 1.41 bits per heavy atom. The van der Waals surface area contributed by atoms with Gasteiger partial charge in [-0.15, -0.1) is 11.3 Å². The van der Waals surface area contributed by atoms with Gasteiger partial charge < -0.3 is 10.2 Å². The first-order valence-corrected chi connectivity index (χ1v) is 9.82. The van der Waals surface area contributed by atoms with Gasteiger partial charge in [0.2, 0.25) is 0 Å². The number of urea groups is 1. The van der Waals surface area contributed by atoms with Crippen LogP contribution in [0.25, 0.3) is 10.1 Å². The van der Waals surface area contributed by atoms with Crippen LogP contribution in [0.15, 0.2) is 29.6 Å². The number of sulfone groups is 1. The van der Waals surface area contributed by atoms with Crippen LogP contribution in [-0.4, -0.2) is 43.9 Å². The molecule has 1 aliphatic rings. The van der Waals surface area contributed by atoms with Gasteiger partial charge in [-0.2, -0.15) is 0 Å². The highest BCUT2D eigenvalue weighted by molar-refractivity contribution is 7.91. The summed E-state index contributed by atoms with van der Waals surface area (Å²) in [6.07, 6.45) is 0.521. The second-order valence-electron chi connectivity index (χ2n) is 5.58. The topological polar surface area (TPSA) is 66.5 Å². The van der Waals surface area contributed by atoms with Gasteiger partial charge in [0.05, 0.1) is 11.5 Å². The van der Waals surface area contributed by atoms with Crippen molar-refractivity contribution in [3.63, 3.8) is 0 Å². The van der Waals surface area contributed by atoms with E-state index in [-0.39, 0.29) is 23.6 Å². The highest BCUT2D eigenvalue weighted by Gasteiger charge is 2.32. The van der Waals surface area contributed by atoms with E-state index in [4.69, 9.17) is 0 Å². The molecule has 1 aliphatic heterocycles. The number of hydrogen-bond acceptors (Lipinski definition) is 4. The maximum atomic E-state index is 12.2. The van der Waals surface area contributed by atoms with Gasteiger partial charge in [-0.1, -0.05) is 18.2 Å². The summed E-state index contributed by atoms with van der Waals surface area (Å²) in [5.74, 6) is 0.239. The van der Waals surface area contributed by atoms with Crippen molar-refractivity contribution in [2.45, 2.75) is 19.0 Å². The highest BCUT2D eigenvalue weighted by Crippen LogP contribution is 2.25. The third kappa shape index (κ3) is 3.10. The van der Waals surface area contributed by atoms with Gasteiger partial charge in [-0.05, 0) is 28.8 Å². The Kier molecular flexibility index (Phi) is 4.10. The molecule has 1 fully saturated rings. The van der Waals surface area contributed by atoms with E-state index >= 15 is 0 Å². The summed E-state index contributed by atoms with van der Waals surface area (Å²) in [7, 11) is -1.32. The zero-order valence-electron chi connectivity index (χ0n) is 12.3. The lowest BCUT2D eigenvalue weighted by Crippen LogP contribution is -2.43. The molecule has 7 heteroatoms. The molecule has 2 amide bonds. The molecule has 1 aromatic heterocycles. The molecule has 2 aromatic rings. The maximum absolute atomic E-state index is 12.2. The fourth-order valence-electron chi connectivity index (χ4n) is 2.71. The highest BCUT2D eigenvalue weighted by atomic mass is 32.2. The van der Waals surface area contributed by atoms with E-state index in [1.54, 1.807) is 18.4 Å². The molecule has 1 unspecified atom stereocenters. The molecule has 2 heterocycles. The van der Waals surface area contributed by atoms with Gasteiger partial charge in [0.25, 0.3) is 0 Å². The minimum Gasteiger partial charge on any atom is -0.334 e. The molecular weight excluding hydrogens is 320 g/mol. The van der Waals surface area contributed by atoms with Crippen molar-refractivity contribution in [1.82, 2.24) is 10.2 Å². The second-order valence-corrected chi connectivity index (χ2v) is 8.72. The van der Waals surface area contributed by atoms with E-state index in [1.165, 1.54) is 9.60 Å². The number of rotatable bonds is 3. The molecule has 0 spiro atoms. The van der Waals surface area contributed by atoms with Gasteiger partial charge in [0.1, 0.15) is 0 Å². The Morgan fingerprint density at radius 2 is 2.18 bits per heavy atom. The van der Waals surface area contributed by atoms with Gasteiger partial charge in [0.15, 0.2) is 9.84 Å². The van der Waals surface area contributed by atoms with Crippen molar-refractivity contribution in [2.75, 3.05) is 18.6 Å². The lowest BCUT2D eigenvalue weighted by Gasteiger charge is -2.23. The minimum atomic E-state index is -2.98. The summed E-state index contributed by atoms with van der Waals surface area (Å²) >= 11 is 1.65. The van der Waals surface area contributed by atoms with Crippen molar-refractivity contribution in [3.8, 4) is 0 Å².